The Kier molecular flexibility index (Phi) is 12.3. The fourth-order valence-electron chi connectivity index (χ4n) is 13.4. The standard InChI is InChI=1S/C44H71NO12/c1-7-15-45-16-12-37(52-24(2)22-45)56-40-25(3)54-39(21-34(40)47)57-41-26(4)53-38(20-33(41)46)55-29-10-13-42(5)28(18-29)8-9-31-32(42)19-35(48)43(6)30(11-14-44(31,43)50)27-17-36(49)51-23-27/h17,24-26,28-35,37-41,46-48,50H,7-16,18-23H2,1-6H3/t24?,25-,26-,28?,29-,30+,31?,32?,33-,34-,35-,37?,38-,39-,40+,41+,42-,43-,44-/m0/s1. The first-order valence-electron chi connectivity index (χ1n) is 22.4. The Morgan fingerprint density at radius 1 is 0.807 bits per heavy atom. The minimum atomic E-state index is -0.998. The van der Waals surface area contributed by atoms with Crippen LogP contribution < -0.4 is 0 Å². The molecule has 0 aromatic rings. The SMILES string of the molecule is CCCN1CCC(O[C@@H]2[C@H](C)O[C@@H](O[C@@H]3[C@H](C)O[C@@H](O[C@H]4CC[C@@]5(C)C(CCC6C5C[C@H](O)[C@]5(C)[C@@H](C7=CC(=O)OC7)CC[C@]65O)C4)C[C@@H]3O)C[C@@H]2O)OC(C)C1. The van der Waals surface area contributed by atoms with Gasteiger partial charge < -0.3 is 58.5 Å². The lowest BCUT2D eigenvalue weighted by molar-refractivity contribution is -0.329. The summed E-state index contributed by atoms with van der Waals surface area (Å²) in [6, 6.07) is 0. The highest BCUT2D eigenvalue weighted by Crippen LogP contribution is 2.70. The van der Waals surface area contributed by atoms with E-state index in [0.29, 0.717) is 18.8 Å². The highest BCUT2D eigenvalue weighted by molar-refractivity contribution is 5.85. The van der Waals surface area contributed by atoms with Crippen LogP contribution in [0.15, 0.2) is 11.6 Å². The molecular weight excluding hydrogens is 734 g/mol. The van der Waals surface area contributed by atoms with Crippen molar-refractivity contribution in [2.45, 2.75) is 198 Å². The average Bonchev–Trinajstić information content (AvgIpc) is 3.64. The van der Waals surface area contributed by atoms with Crippen LogP contribution in [0.1, 0.15) is 119 Å². The fourth-order valence-corrected chi connectivity index (χ4v) is 13.4. The van der Waals surface area contributed by atoms with Gasteiger partial charge in [-0.2, -0.15) is 0 Å². The normalized spacial score (nSPS) is 52.0. The molecule has 13 heteroatoms. The molecule has 4 N–H and O–H groups in total. The van der Waals surface area contributed by atoms with E-state index in [4.69, 9.17) is 33.2 Å². The van der Waals surface area contributed by atoms with Crippen molar-refractivity contribution in [1.29, 1.82) is 0 Å². The van der Waals surface area contributed by atoms with Crippen molar-refractivity contribution < 1.29 is 58.4 Å². The molecule has 57 heavy (non-hydrogen) atoms. The van der Waals surface area contributed by atoms with E-state index in [2.05, 4.69) is 32.6 Å². The number of cyclic esters (lactones) is 1. The summed E-state index contributed by atoms with van der Waals surface area (Å²) in [6.45, 7) is 15.5. The average molecular weight is 806 g/mol. The van der Waals surface area contributed by atoms with Crippen LogP contribution in [0.25, 0.3) is 0 Å². The first-order valence-corrected chi connectivity index (χ1v) is 22.4. The number of hydrogen-bond donors (Lipinski definition) is 4. The Morgan fingerprint density at radius 3 is 2.14 bits per heavy atom. The lowest BCUT2D eigenvalue weighted by Gasteiger charge is -2.65. The minimum absolute atomic E-state index is 0.0178. The lowest BCUT2D eigenvalue weighted by Crippen LogP contribution is -2.67. The van der Waals surface area contributed by atoms with Gasteiger partial charge in [0.05, 0.1) is 48.3 Å². The molecule has 0 aromatic heterocycles. The van der Waals surface area contributed by atoms with E-state index in [1.165, 1.54) is 0 Å². The molecule has 13 nitrogen and oxygen atoms in total. The molecule has 4 aliphatic carbocycles. The van der Waals surface area contributed by atoms with Gasteiger partial charge in [-0.3, -0.25) is 0 Å². The van der Waals surface area contributed by atoms with Gasteiger partial charge >= 0.3 is 5.97 Å². The van der Waals surface area contributed by atoms with E-state index in [1.54, 1.807) is 6.08 Å². The molecule has 8 aliphatic rings. The van der Waals surface area contributed by atoms with E-state index < -0.39 is 72.6 Å². The van der Waals surface area contributed by atoms with Gasteiger partial charge in [0.1, 0.15) is 18.8 Å². The Labute approximate surface area is 339 Å². The van der Waals surface area contributed by atoms with Gasteiger partial charge in [-0.25, -0.2) is 4.79 Å². The summed E-state index contributed by atoms with van der Waals surface area (Å²) < 4.78 is 43.3. The summed E-state index contributed by atoms with van der Waals surface area (Å²) in [5.74, 6) is 0.283. The zero-order valence-electron chi connectivity index (χ0n) is 35.1. The molecule has 4 aliphatic heterocycles. The van der Waals surface area contributed by atoms with Gasteiger partial charge in [-0.15, -0.1) is 0 Å². The first-order chi connectivity index (χ1) is 27.1. The number of esters is 1. The highest BCUT2D eigenvalue weighted by atomic mass is 16.7. The second-order valence-electron chi connectivity index (χ2n) is 19.7. The zero-order chi connectivity index (χ0) is 40.4. The molecular formula is C44H71NO12. The third kappa shape index (κ3) is 7.81. The molecule has 3 saturated heterocycles. The number of carbonyl (C=O) groups excluding carboxylic acids is 1. The number of aliphatic hydroxyl groups excluding tert-OH is 3. The third-order valence-corrected chi connectivity index (χ3v) is 16.4. The molecule has 0 bridgehead atoms. The molecule has 0 amide bonds. The highest BCUT2D eigenvalue weighted by Gasteiger charge is 2.71. The van der Waals surface area contributed by atoms with E-state index in [-0.39, 0.29) is 60.8 Å². The van der Waals surface area contributed by atoms with Crippen molar-refractivity contribution in [2.24, 2.45) is 34.5 Å². The van der Waals surface area contributed by atoms with Crippen molar-refractivity contribution in [1.82, 2.24) is 4.90 Å². The predicted molar refractivity (Wildman–Crippen MR) is 207 cm³/mol. The van der Waals surface area contributed by atoms with Gasteiger partial charge in [0.25, 0.3) is 0 Å². The van der Waals surface area contributed by atoms with E-state index in [9.17, 15) is 25.2 Å². The number of nitrogens with zero attached hydrogens (tertiary/aromatic N) is 1. The number of aliphatic hydroxyl groups is 4. The van der Waals surface area contributed by atoms with Crippen molar-refractivity contribution in [2.75, 3.05) is 26.2 Å². The maximum absolute atomic E-state index is 12.6. The second-order valence-corrected chi connectivity index (χ2v) is 19.7. The number of fused-ring (bicyclic) bond motifs is 5. The summed E-state index contributed by atoms with van der Waals surface area (Å²) in [7, 11) is 0. The Balaban J connectivity index is 0.826. The molecule has 7 fully saturated rings. The van der Waals surface area contributed by atoms with E-state index in [1.807, 2.05) is 13.8 Å². The quantitative estimate of drug-likeness (QED) is 0.194. The molecule has 324 valence electrons. The second kappa shape index (κ2) is 16.6. The van der Waals surface area contributed by atoms with Crippen molar-refractivity contribution in [3.8, 4) is 0 Å². The van der Waals surface area contributed by atoms with Crippen LogP contribution >= 0.6 is 0 Å². The summed E-state index contributed by atoms with van der Waals surface area (Å²) in [6.07, 6.45) is 4.34. The molecule has 4 heterocycles. The largest absolute Gasteiger partial charge is 0.458 e. The van der Waals surface area contributed by atoms with Gasteiger partial charge in [0.2, 0.25) is 0 Å². The first kappa shape index (κ1) is 42.5. The van der Waals surface area contributed by atoms with Gasteiger partial charge in [0.15, 0.2) is 18.9 Å². The van der Waals surface area contributed by atoms with E-state index >= 15 is 0 Å². The van der Waals surface area contributed by atoms with Crippen LogP contribution in [0.5, 0.6) is 0 Å². The Hall–Kier alpha value is -1.23. The maximum Gasteiger partial charge on any atom is 0.331 e. The molecule has 0 radical (unpaired) electrons. The van der Waals surface area contributed by atoms with Crippen LogP contribution in [0.3, 0.4) is 0 Å². The van der Waals surface area contributed by atoms with Crippen molar-refractivity contribution in [3.63, 3.8) is 0 Å². The number of rotatable bonds is 9. The summed E-state index contributed by atoms with van der Waals surface area (Å²) in [5.41, 5.74) is -0.833. The van der Waals surface area contributed by atoms with E-state index in [0.717, 1.165) is 76.6 Å². The van der Waals surface area contributed by atoms with Gasteiger partial charge in [0, 0.05) is 43.8 Å². The van der Waals surface area contributed by atoms with Crippen LogP contribution in [-0.2, 0) is 38.0 Å². The smallest absolute Gasteiger partial charge is 0.331 e. The summed E-state index contributed by atoms with van der Waals surface area (Å²) in [4.78, 5) is 14.4. The van der Waals surface area contributed by atoms with Crippen molar-refractivity contribution >= 4 is 5.97 Å². The van der Waals surface area contributed by atoms with Crippen LogP contribution in [0.4, 0.5) is 0 Å². The molecule has 5 unspecified atom stereocenters. The van der Waals surface area contributed by atoms with Gasteiger partial charge in [-0.05, 0) is 120 Å². The molecule has 0 spiro atoms. The van der Waals surface area contributed by atoms with Crippen LogP contribution in [-0.4, -0.2) is 137 Å². The molecule has 19 atom stereocenters. The lowest BCUT2D eigenvalue weighted by atomic mass is 9.42. The van der Waals surface area contributed by atoms with Crippen LogP contribution in [0, 0.1) is 34.5 Å². The zero-order valence-corrected chi connectivity index (χ0v) is 35.1. The Bertz CT molecular complexity index is 1440. The molecule has 4 saturated carbocycles. The summed E-state index contributed by atoms with van der Waals surface area (Å²) in [5, 5.41) is 47.1. The number of ether oxygens (including phenoxy) is 7. The van der Waals surface area contributed by atoms with Crippen LogP contribution in [0.2, 0.25) is 0 Å². The monoisotopic (exact) mass is 805 g/mol. The third-order valence-electron chi connectivity index (χ3n) is 16.4. The van der Waals surface area contributed by atoms with Gasteiger partial charge in [-0.1, -0.05) is 20.8 Å². The maximum atomic E-state index is 12.6. The topological polar surface area (TPSA) is 166 Å². The molecule has 0 aromatic carbocycles. The molecule has 8 rings (SSSR count). The predicted octanol–water partition coefficient (Wildman–Crippen LogP) is 4.21. The fraction of sp³-hybridized carbons (Fsp3) is 0.932. The number of hydrogen-bond acceptors (Lipinski definition) is 13. The number of carbonyl (C=O) groups is 1. The summed E-state index contributed by atoms with van der Waals surface area (Å²) >= 11 is 0. The minimum Gasteiger partial charge on any atom is -0.458 e. The Morgan fingerprint density at radius 2 is 1.49 bits per heavy atom. The van der Waals surface area contributed by atoms with Crippen molar-refractivity contribution in [3.05, 3.63) is 11.6 Å².